The molecule has 0 aliphatic carbocycles. The number of piperidine rings is 1. The molecule has 0 aromatic heterocycles. The van der Waals surface area contributed by atoms with Crippen molar-refractivity contribution in [3.8, 4) is 0 Å². The lowest BCUT2D eigenvalue weighted by molar-refractivity contribution is -0.387. The van der Waals surface area contributed by atoms with E-state index in [-0.39, 0.29) is 48.3 Å². The number of nitrogens with zero attached hydrogens (tertiary/aromatic N) is 2. The van der Waals surface area contributed by atoms with Gasteiger partial charge in [-0.15, -0.1) is 0 Å². The van der Waals surface area contributed by atoms with Gasteiger partial charge in [0.25, 0.3) is 11.6 Å². The Kier molecular flexibility index (Phi) is 9.54. The van der Waals surface area contributed by atoms with Crippen LogP contribution in [0.2, 0.25) is 0 Å². The quantitative estimate of drug-likeness (QED) is 0.198. The van der Waals surface area contributed by atoms with Crippen molar-refractivity contribution in [3.05, 3.63) is 76.4 Å². The molecule has 3 unspecified atom stereocenters. The largest absolute Gasteiger partial charge is 0.466 e. The average molecular weight is 541 g/mol. The maximum Gasteiger partial charge on any atom is 0.310 e. The van der Waals surface area contributed by atoms with E-state index >= 15 is 0 Å². The van der Waals surface area contributed by atoms with E-state index in [1.807, 2.05) is 30.3 Å². The van der Waals surface area contributed by atoms with E-state index in [2.05, 4.69) is 6.58 Å². The average Bonchev–Trinajstić information content (AvgIpc) is 2.93. The minimum absolute atomic E-state index is 0.127. The first-order valence-electron chi connectivity index (χ1n) is 12.7. The molecule has 2 saturated heterocycles. The summed E-state index contributed by atoms with van der Waals surface area (Å²) in [6, 6.07) is 14.6. The highest BCUT2D eigenvalue weighted by molar-refractivity contribution is 8.00. The van der Waals surface area contributed by atoms with Crippen LogP contribution in [0.25, 0.3) is 5.57 Å². The van der Waals surface area contributed by atoms with Crippen LogP contribution in [0.5, 0.6) is 0 Å². The van der Waals surface area contributed by atoms with E-state index in [4.69, 9.17) is 14.2 Å². The number of benzene rings is 2. The third kappa shape index (κ3) is 7.00. The Morgan fingerprint density at radius 1 is 1.21 bits per heavy atom. The maximum atomic E-state index is 13.2. The second kappa shape index (κ2) is 13.0. The van der Waals surface area contributed by atoms with Gasteiger partial charge in [0.2, 0.25) is 0 Å². The molecule has 0 spiro atoms. The Bertz CT molecular complexity index is 1170. The standard InChI is InChI=1S/C28H32N2O7S/c1-3-36-28(32)22-10-7-13-29(16-22)27(31)19(2)21-11-12-25(24(15-21)30(33)34)38-26-18-35-17-23(37-26)14-20-8-5-4-6-9-20/h4-6,8-9,11-12,15,22-23,26H,2-3,7,10,13-14,16-18H2,1H3. The van der Waals surface area contributed by atoms with Crippen LogP contribution >= 0.6 is 11.8 Å². The van der Waals surface area contributed by atoms with Crippen molar-refractivity contribution < 1.29 is 28.7 Å². The van der Waals surface area contributed by atoms with E-state index in [1.165, 1.54) is 17.8 Å². The second-order valence-corrected chi connectivity index (χ2v) is 10.5. The van der Waals surface area contributed by atoms with Crippen molar-refractivity contribution in [2.75, 3.05) is 32.9 Å². The number of carbonyl (C=O) groups is 2. The number of thioether (sulfide) groups is 1. The van der Waals surface area contributed by atoms with E-state index in [0.717, 1.165) is 5.56 Å². The van der Waals surface area contributed by atoms with Gasteiger partial charge < -0.3 is 19.1 Å². The molecule has 2 aromatic rings. The molecule has 2 aliphatic rings. The highest BCUT2D eigenvalue weighted by atomic mass is 32.2. The third-order valence-electron chi connectivity index (χ3n) is 6.56. The Balaban J connectivity index is 1.42. The summed E-state index contributed by atoms with van der Waals surface area (Å²) in [4.78, 5) is 38.8. The Hall–Kier alpha value is -3.21. The van der Waals surface area contributed by atoms with Crippen LogP contribution in [0.3, 0.4) is 0 Å². The molecule has 2 fully saturated rings. The van der Waals surface area contributed by atoms with Crippen LogP contribution in [0, 0.1) is 16.0 Å². The summed E-state index contributed by atoms with van der Waals surface area (Å²) in [5.74, 6) is -1.04. The molecule has 9 nitrogen and oxygen atoms in total. The molecule has 38 heavy (non-hydrogen) atoms. The number of nitro benzene ring substituents is 1. The summed E-state index contributed by atoms with van der Waals surface area (Å²) in [5, 5.41) is 11.9. The van der Waals surface area contributed by atoms with Crippen molar-refractivity contribution in [1.29, 1.82) is 0 Å². The minimum atomic E-state index is -0.466. The monoisotopic (exact) mass is 540 g/mol. The first-order valence-corrected chi connectivity index (χ1v) is 13.6. The Labute approximate surface area is 226 Å². The van der Waals surface area contributed by atoms with Crippen molar-refractivity contribution in [2.45, 2.75) is 42.6 Å². The van der Waals surface area contributed by atoms with Crippen molar-refractivity contribution in [2.24, 2.45) is 5.92 Å². The molecule has 0 N–H and O–H groups in total. The summed E-state index contributed by atoms with van der Waals surface area (Å²) >= 11 is 1.23. The smallest absolute Gasteiger partial charge is 0.310 e. The second-order valence-electron chi connectivity index (χ2n) is 9.29. The number of hydrogen-bond donors (Lipinski definition) is 0. The zero-order chi connectivity index (χ0) is 27.1. The molecule has 202 valence electrons. The molecule has 4 rings (SSSR count). The number of likely N-dealkylation sites (tertiary alicyclic amines) is 1. The van der Waals surface area contributed by atoms with Crippen LogP contribution < -0.4 is 0 Å². The zero-order valence-corrected chi connectivity index (χ0v) is 22.2. The number of carbonyl (C=O) groups excluding carboxylic acids is 2. The zero-order valence-electron chi connectivity index (χ0n) is 21.4. The summed E-state index contributed by atoms with van der Waals surface area (Å²) < 4.78 is 17.0. The van der Waals surface area contributed by atoms with Gasteiger partial charge in [0.15, 0.2) is 0 Å². The fraction of sp³-hybridized carbons (Fsp3) is 0.429. The molecule has 0 bridgehead atoms. The van der Waals surface area contributed by atoms with E-state index in [1.54, 1.807) is 24.0 Å². The number of ether oxygens (including phenoxy) is 3. The molecular formula is C28H32N2O7S. The van der Waals surface area contributed by atoms with E-state index < -0.39 is 10.4 Å². The molecule has 2 aromatic carbocycles. The van der Waals surface area contributed by atoms with E-state index in [9.17, 15) is 19.7 Å². The van der Waals surface area contributed by atoms with Gasteiger partial charge >= 0.3 is 5.97 Å². The Morgan fingerprint density at radius 2 is 2.00 bits per heavy atom. The van der Waals surface area contributed by atoms with Gasteiger partial charge in [-0.1, -0.05) is 54.7 Å². The summed E-state index contributed by atoms with van der Waals surface area (Å²) in [6.07, 6.45) is 1.87. The lowest BCUT2D eigenvalue weighted by Crippen LogP contribution is -2.43. The number of esters is 1. The van der Waals surface area contributed by atoms with Gasteiger partial charge in [0.1, 0.15) is 5.44 Å². The van der Waals surface area contributed by atoms with Crippen LogP contribution in [0.15, 0.2) is 60.0 Å². The predicted molar refractivity (Wildman–Crippen MR) is 144 cm³/mol. The molecule has 2 aliphatic heterocycles. The minimum Gasteiger partial charge on any atom is -0.466 e. The van der Waals surface area contributed by atoms with Gasteiger partial charge in [0, 0.05) is 31.1 Å². The van der Waals surface area contributed by atoms with Gasteiger partial charge in [0.05, 0.1) is 41.7 Å². The molecule has 1 amide bonds. The molecule has 0 radical (unpaired) electrons. The molecule has 2 heterocycles. The van der Waals surface area contributed by atoms with Gasteiger partial charge in [-0.25, -0.2) is 0 Å². The highest BCUT2D eigenvalue weighted by Crippen LogP contribution is 2.36. The number of amides is 1. The molecule has 0 saturated carbocycles. The van der Waals surface area contributed by atoms with Crippen molar-refractivity contribution in [1.82, 2.24) is 4.90 Å². The fourth-order valence-corrected chi connectivity index (χ4v) is 5.71. The predicted octanol–water partition coefficient (Wildman–Crippen LogP) is 4.49. The van der Waals surface area contributed by atoms with Gasteiger partial charge in [-0.05, 0) is 37.0 Å². The van der Waals surface area contributed by atoms with E-state index in [0.29, 0.717) is 49.5 Å². The first-order chi connectivity index (χ1) is 18.4. The number of hydrogen-bond acceptors (Lipinski definition) is 8. The lowest BCUT2D eigenvalue weighted by Gasteiger charge is -2.32. The van der Waals surface area contributed by atoms with Gasteiger partial charge in [-0.3, -0.25) is 19.7 Å². The van der Waals surface area contributed by atoms with Crippen molar-refractivity contribution >= 4 is 34.9 Å². The maximum absolute atomic E-state index is 13.2. The van der Waals surface area contributed by atoms with Crippen LogP contribution in [0.1, 0.15) is 30.9 Å². The number of rotatable bonds is 9. The van der Waals surface area contributed by atoms with Crippen molar-refractivity contribution in [3.63, 3.8) is 0 Å². The first kappa shape index (κ1) is 27.8. The highest BCUT2D eigenvalue weighted by Gasteiger charge is 2.31. The lowest BCUT2D eigenvalue weighted by atomic mass is 9.96. The topological polar surface area (TPSA) is 108 Å². The summed E-state index contributed by atoms with van der Waals surface area (Å²) in [7, 11) is 0. The summed E-state index contributed by atoms with van der Waals surface area (Å²) in [5.41, 5.74) is 1.12. The van der Waals surface area contributed by atoms with Crippen LogP contribution in [-0.2, 0) is 30.2 Å². The molecular weight excluding hydrogens is 508 g/mol. The Morgan fingerprint density at radius 3 is 2.74 bits per heavy atom. The van der Waals surface area contributed by atoms with Crippen LogP contribution in [0.4, 0.5) is 5.69 Å². The fourth-order valence-electron chi connectivity index (χ4n) is 4.65. The summed E-state index contributed by atoms with van der Waals surface area (Å²) in [6.45, 7) is 7.47. The molecule has 3 atom stereocenters. The van der Waals surface area contributed by atoms with Crippen LogP contribution in [-0.4, -0.2) is 66.1 Å². The normalized spacial score (nSPS) is 21.5. The molecule has 10 heteroatoms. The van der Waals surface area contributed by atoms with Gasteiger partial charge in [-0.2, -0.15) is 0 Å². The number of nitro groups is 1. The SMILES string of the molecule is C=C(C(=O)N1CCCC(C(=O)OCC)C1)c1ccc(SC2COCC(Cc3ccccc3)O2)c([N+](=O)[O-])c1. The third-order valence-corrected chi connectivity index (χ3v) is 7.67.